The molecule has 3 nitrogen and oxygen atoms in total. The van der Waals surface area contributed by atoms with Gasteiger partial charge in [-0.25, -0.2) is 0 Å². The van der Waals surface area contributed by atoms with Crippen molar-refractivity contribution in [2.45, 2.75) is 129 Å². The van der Waals surface area contributed by atoms with Crippen LogP contribution >= 0.6 is 0 Å². The van der Waals surface area contributed by atoms with Crippen molar-refractivity contribution in [3.05, 3.63) is 11.6 Å². The Bertz CT molecular complexity index is 547. The highest BCUT2D eigenvalue weighted by molar-refractivity contribution is 4.99. The molecule has 3 aliphatic heterocycles. The molecule has 3 heterocycles. The van der Waals surface area contributed by atoms with Crippen molar-refractivity contribution in [3.8, 4) is 0 Å². The fraction of sp³-hybridized carbons (Fsp3) is 0.931. The van der Waals surface area contributed by atoms with Crippen LogP contribution < -0.4 is 0 Å². The van der Waals surface area contributed by atoms with Gasteiger partial charge in [-0.05, 0) is 102 Å². The topological polar surface area (TPSA) is 21.7 Å². The molecule has 2 fully saturated rings. The maximum absolute atomic E-state index is 6.69. The lowest BCUT2D eigenvalue weighted by atomic mass is 9.88. The van der Waals surface area contributed by atoms with Gasteiger partial charge in [0.2, 0.25) is 0 Å². The van der Waals surface area contributed by atoms with E-state index in [1.54, 1.807) is 5.57 Å². The summed E-state index contributed by atoms with van der Waals surface area (Å²) in [6.45, 7) is 13.9. The first kappa shape index (κ1) is 26.2. The van der Waals surface area contributed by atoms with Crippen LogP contribution in [0.4, 0.5) is 0 Å². The maximum Gasteiger partial charge on any atom is 0.0621 e. The highest BCUT2D eigenvalue weighted by Crippen LogP contribution is 2.31. The summed E-state index contributed by atoms with van der Waals surface area (Å²) in [5, 5.41) is 0. The average molecular weight is 448 g/mol. The summed E-state index contributed by atoms with van der Waals surface area (Å²) in [4.78, 5) is 2.73. The second-order valence-corrected chi connectivity index (χ2v) is 11.7. The third kappa shape index (κ3) is 9.11. The molecule has 0 aromatic heterocycles. The van der Waals surface area contributed by atoms with Crippen molar-refractivity contribution in [3.63, 3.8) is 0 Å². The molecule has 0 aromatic carbocycles. The monoisotopic (exact) mass is 447 g/mol. The molecule has 0 N–H and O–H groups in total. The van der Waals surface area contributed by atoms with Crippen LogP contribution in [0.2, 0.25) is 0 Å². The van der Waals surface area contributed by atoms with Gasteiger partial charge in [0.1, 0.15) is 0 Å². The van der Waals surface area contributed by atoms with Crippen LogP contribution in [0.1, 0.15) is 111 Å². The van der Waals surface area contributed by atoms with Crippen molar-refractivity contribution in [2.24, 2.45) is 17.8 Å². The Hall–Kier alpha value is -0.380. The summed E-state index contributed by atoms with van der Waals surface area (Å²) in [6, 6.07) is 0.619. The van der Waals surface area contributed by atoms with Gasteiger partial charge in [0, 0.05) is 19.2 Å². The molecule has 6 atom stereocenters. The Labute approximate surface area is 199 Å². The summed E-state index contributed by atoms with van der Waals surface area (Å²) in [5.74, 6) is 2.16. The van der Waals surface area contributed by atoms with Crippen LogP contribution in [0.15, 0.2) is 11.6 Å². The smallest absolute Gasteiger partial charge is 0.0621 e. The first-order chi connectivity index (χ1) is 15.5. The second-order valence-electron chi connectivity index (χ2n) is 11.7. The molecule has 32 heavy (non-hydrogen) atoms. The molecule has 3 aliphatic rings. The first-order valence-corrected chi connectivity index (χ1v) is 14.1. The Morgan fingerprint density at radius 1 is 0.781 bits per heavy atom. The fourth-order valence-corrected chi connectivity index (χ4v) is 6.16. The van der Waals surface area contributed by atoms with Crippen LogP contribution in [-0.2, 0) is 9.47 Å². The highest BCUT2D eigenvalue weighted by Gasteiger charge is 2.30. The van der Waals surface area contributed by atoms with E-state index in [-0.39, 0.29) is 0 Å². The van der Waals surface area contributed by atoms with Crippen LogP contribution in [-0.4, -0.2) is 49.5 Å². The van der Waals surface area contributed by atoms with E-state index in [0.29, 0.717) is 30.1 Å². The van der Waals surface area contributed by atoms with E-state index in [0.717, 1.165) is 19.1 Å². The number of ether oxygens (including phenoxy) is 2. The van der Waals surface area contributed by atoms with Gasteiger partial charge >= 0.3 is 0 Å². The summed E-state index contributed by atoms with van der Waals surface area (Å²) in [6.07, 6.45) is 20.3. The number of hydrogen-bond donors (Lipinski definition) is 0. The third-order valence-corrected chi connectivity index (χ3v) is 8.40. The molecule has 0 amide bonds. The summed E-state index contributed by atoms with van der Waals surface area (Å²) in [7, 11) is 0. The minimum Gasteiger partial charge on any atom is -0.380 e. The third-order valence-electron chi connectivity index (χ3n) is 8.40. The molecular formula is C29H53NO2. The molecule has 2 saturated heterocycles. The van der Waals surface area contributed by atoms with Crippen molar-refractivity contribution in [1.29, 1.82) is 0 Å². The van der Waals surface area contributed by atoms with Gasteiger partial charge in [-0.1, -0.05) is 45.3 Å². The van der Waals surface area contributed by atoms with Crippen molar-refractivity contribution in [2.75, 3.05) is 26.3 Å². The van der Waals surface area contributed by atoms with Crippen LogP contribution in [0.3, 0.4) is 0 Å². The summed E-state index contributed by atoms with van der Waals surface area (Å²) in [5.41, 5.74) is 1.59. The number of nitrogens with zero attached hydrogens (tertiary/aromatic N) is 1. The van der Waals surface area contributed by atoms with Crippen LogP contribution in [0.25, 0.3) is 0 Å². The van der Waals surface area contributed by atoms with E-state index in [9.17, 15) is 0 Å². The lowest BCUT2D eigenvalue weighted by Crippen LogP contribution is -2.45. The van der Waals surface area contributed by atoms with E-state index in [4.69, 9.17) is 9.47 Å². The van der Waals surface area contributed by atoms with Gasteiger partial charge in [0.25, 0.3) is 0 Å². The summed E-state index contributed by atoms with van der Waals surface area (Å²) >= 11 is 0. The number of hydrogen-bond acceptors (Lipinski definition) is 3. The molecule has 2 bridgehead atoms. The first-order valence-electron chi connectivity index (χ1n) is 14.1. The largest absolute Gasteiger partial charge is 0.380 e. The van der Waals surface area contributed by atoms with Gasteiger partial charge in [0.05, 0.1) is 18.8 Å². The Kier molecular flexibility index (Phi) is 11.6. The SMILES string of the molecule is CC1=CCCCCC(C)COCC2CCCCN2CCC2OC(CCC(C)C1)CCC2C. The molecule has 186 valence electrons. The van der Waals surface area contributed by atoms with E-state index in [1.807, 2.05) is 0 Å². The van der Waals surface area contributed by atoms with Crippen LogP contribution in [0, 0.1) is 17.8 Å². The molecule has 3 rings (SSSR count). The average Bonchev–Trinajstić information content (AvgIpc) is 2.77. The zero-order chi connectivity index (χ0) is 22.8. The van der Waals surface area contributed by atoms with Crippen LogP contribution in [0.5, 0.6) is 0 Å². The predicted molar refractivity (Wildman–Crippen MR) is 136 cm³/mol. The Morgan fingerprint density at radius 2 is 1.59 bits per heavy atom. The van der Waals surface area contributed by atoms with E-state index < -0.39 is 0 Å². The standard InChI is InChI=1S/C29H53NO2/c1-23-10-6-5-7-11-25(3)21-31-22-27-12-8-9-18-30(27)19-17-29-26(4)14-16-28(32-29)15-13-24(2)20-23/h10,24-29H,5-9,11-22H2,1-4H3. The molecule has 6 unspecified atom stereocenters. The van der Waals surface area contributed by atoms with Crippen molar-refractivity contribution >= 4 is 0 Å². The Balaban J connectivity index is 1.58. The van der Waals surface area contributed by atoms with Gasteiger partial charge in [-0.15, -0.1) is 0 Å². The number of piperidine rings is 1. The number of allylic oxidation sites excluding steroid dienone is 2. The molecule has 0 spiro atoms. The molecular weight excluding hydrogens is 394 g/mol. The Morgan fingerprint density at radius 3 is 2.47 bits per heavy atom. The number of rotatable bonds is 0. The van der Waals surface area contributed by atoms with Gasteiger partial charge < -0.3 is 9.47 Å². The summed E-state index contributed by atoms with van der Waals surface area (Å²) < 4.78 is 13.0. The molecule has 0 aromatic rings. The normalized spacial score (nSPS) is 38.2. The van der Waals surface area contributed by atoms with Crippen molar-refractivity contribution < 1.29 is 9.47 Å². The fourth-order valence-electron chi connectivity index (χ4n) is 6.16. The predicted octanol–water partition coefficient (Wildman–Crippen LogP) is 7.39. The van der Waals surface area contributed by atoms with E-state index in [2.05, 4.69) is 38.7 Å². The van der Waals surface area contributed by atoms with Gasteiger partial charge in [0.15, 0.2) is 0 Å². The lowest BCUT2D eigenvalue weighted by Gasteiger charge is -2.39. The van der Waals surface area contributed by atoms with Gasteiger partial charge in [-0.3, -0.25) is 4.90 Å². The molecule has 0 saturated carbocycles. The minimum atomic E-state index is 0.448. The number of fused-ring (bicyclic) bond motifs is 3. The quantitative estimate of drug-likeness (QED) is 0.361. The lowest BCUT2D eigenvalue weighted by molar-refractivity contribution is -0.0913. The zero-order valence-electron chi connectivity index (χ0n) is 21.8. The van der Waals surface area contributed by atoms with E-state index >= 15 is 0 Å². The molecule has 0 radical (unpaired) electrons. The highest BCUT2D eigenvalue weighted by atomic mass is 16.5. The second kappa shape index (κ2) is 14.1. The minimum absolute atomic E-state index is 0.448. The zero-order valence-corrected chi connectivity index (χ0v) is 21.8. The van der Waals surface area contributed by atoms with Crippen molar-refractivity contribution in [1.82, 2.24) is 4.90 Å². The molecule has 3 heteroatoms. The van der Waals surface area contributed by atoms with Gasteiger partial charge in [-0.2, -0.15) is 0 Å². The maximum atomic E-state index is 6.69. The van der Waals surface area contributed by atoms with E-state index in [1.165, 1.54) is 96.6 Å². The molecule has 0 aliphatic carbocycles.